The van der Waals surface area contributed by atoms with Gasteiger partial charge in [0.15, 0.2) is 0 Å². The molecule has 0 saturated carbocycles. The van der Waals surface area contributed by atoms with Crippen molar-refractivity contribution in [1.82, 2.24) is 0 Å². The zero-order valence-corrected chi connectivity index (χ0v) is 11.6. The van der Waals surface area contributed by atoms with E-state index in [-0.39, 0.29) is 37.4 Å². The van der Waals surface area contributed by atoms with E-state index in [9.17, 15) is 0 Å². The third-order valence-corrected chi connectivity index (χ3v) is 1.21. The molecule has 2 aromatic rings. The second kappa shape index (κ2) is 12.6. The third-order valence-electron chi connectivity index (χ3n) is 1.21. The van der Waals surface area contributed by atoms with Crippen molar-refractivity contribution >= 4 is 37.4 Å². The van der Waals surface area contributed by atoms with Crippen LogP contribution in [0.15, 0.2) is 60.7 Å². The summed E-state index contributed by atoms with van der Waals surface area (Å²) in [6.45, 7) is 0. The van der Waals surface area contributed by atoms with Crippen molar-refractivity contribution in [2.75, 3.05) is 0 Å². The molecule has 0 aliphatic heterocycles. The van der Waals surface area contributed by atoms with Gasteiger partial charge in [-0.1, -0.05) is 60.7 Å². The molecular formula is C12H12SSn. The predicted octanol–water partition coefficient (Wildman–Crippen LogP) is 2.71. The van der Waals surface area contributed by atoms with Crippen molar-refractivity contribution in [3.05, 3.63) is 72.8 Å². The first-order valence-corrected chi connectivity index (χ1v) is 3.82. The van der Waals surface area contributed by atoms with E-state index in [1.165, 1.54) is 0 Å². The molecule has 2 rings (SSSR count). The van der Waals surface area contributed by atoms with Gasteiger partial charge in [-0.2, -0.15) is 13.5 Å². The first-order chi connectivity index (χ1) is 6.00. The zero-order valence-electron chi connectivity index (χ0n) is 7.77. The fraction of sp³-hybridized carbons (Fsp3) is 0. The molecule has 0 spiro atoms. The molecule has 0 fully saturated rings. The molecule has 0 aliphatic carbocycles. The van der Waals surface area contributed by atoms with E-state index in [2.05, 4.69) is 12.1 Å². The van der Waals surface area contributed by atoms with Gasteiger partial charge in [0, 0.05) is 23.9 Å². The number of hydrogen-bond acceptors (Lipinski definition) is 0. The van der Waals surface area contributed by atoms with Crippen LogP contribution in [-0.4, -0.2) is 23.9 Å². The molecule has 0 amide bonds. The number of hydrogen-bond donors (Lipinski definition) is 0. The Morgan fingerprint density at radius 3 is 0.857 bits per heavy atom. The first-order valence-electron chi connectivity index (χ1n) is 3.82. The number of benzene rings is 2. The largest absolute Gasteiger partial charge is 0.197 e. The van der Waals surface area contributed by atoms with E-state index in [1.807, 2.05) is 60.7 Å². The Balaban J connectivity index is 0. The van der Waals surface area contributed by atoms with Gasteiger partial charge in [-0.25, -0.2) is 0 Å². The maximum atomic E-state index is 2.89. The summed E-state index contributed by atoms with van der Waals surface area (Å²) in [4.78, 5) is 0. The van der Waals surface area contributed by atoms with Crippen LogP contribution in [0.3, 0.4) is 0 Å². The van der Waals surface area contributed by atoms with Gasteiger partial charge in [0.1, 0.15) is 0 Å². The van der Waals surface area contributed by atoms with Gasteiger partial charge in [0.05, 0.1) is 0 Å². The Morgan fingerprint density at radius 1 is 0.500 bits per heavy atom. The van der Waals surface area contributed by atoms with Gasteiger partial charge in [-0.15, -0.1) is 0 Å². The van der Waals surface area contributed by atoms with Gasteiger partial charge in [-0.05, 0) is 12.1 Å². The van der Waals surface area contributed by atoms with Crippen LogP contribution >= 0.6 is 13.5 Å². The minimum atomic E-state index is 0. The molecule has 0 N–H and O–H groups in total. The summed E-state index contributed by atoms with van der Waals surface area (Å²) >= 11 is 0. The van der Waals surface area contributed by atoms with Gasteiger partial charge < -0.3 is 0 Å². The molecule has 6 radical (unpaired) electrons. The quantitative estimate of drug-likeness (QED) is 0.657. The van der Waals surface area contributed by atoms with E-state index in [4.69, 9.17) is 0 Å². The topological polar surface area (TPSA) is 0 Å². The molecule has 70 valence electrons. The average molecular weight is 307 g/mol. The predicted molar refractivity (Wildman–Crippen MR) is 66.7 cm³/mol. The van der Waals surface area contributed by atoms with Crippen LogP contribution in [0.1, 0.15) is 0 Å². The molecule has 0 nitrogen and oxygen atoms in total. The van der Waals surface area contributed by atoms with Gasteiger partial charge in [-0.3, -0.25) is 0 Å². The molecule has 14 heavy (non-hydrogen) atoms. The average Bonchev–Trinajstić information content (AvgIpc) is 2.24. The normalized spacial score (nSPS) is 6.86. The van der Waals surface area contributed by atoms with Crippen molar-refractivity contribution in [2.24, 2.45) is 0 Å². The van der Waals surface area contributed by atoms with Gasteiger partial charge in [0.2, 0.25) is 0 Å². The monoisotopic (exact) mass is 308 g/mol. The van der Waals surface area contributed by atoms with E-state index < -0.39 is 0 Å². The molecule has 2 heteroatoms. The van der Waals surface area contributed by atoms with Crippen LogP contribution in [-0.2, 0) is 0 Å². The fourth-order valence-electron chi connectivity index (χ4n) is 0.684. The summed E-state index contributed by atoms with van der Waals surface area (Å²) in [5.41, 5.74) is 0. The Labute approximate surface area is 110 Å². The molecule has 0 aromatic heterocycles. The van der Waals surface area contributed by atoms with Crippen LogP contribution in [0, 0.1) is 12.1 Å². The Bertz CT molecular complexity index is 186. The summed E-state index contributed by atoms with van der Waals surface area (Å²) in [7, 11) is 0. The van der Waals surface area contributed by atoms with Crippen LogP contribution in [0.4, 0.5) is 0 Å². The van der Waals surface area contributed by atoms with Crippen LogP contribution in [0.2, 0.25) is 0 Å². The van der Waals surface area contributed by atoms with Crippen molar-refractivity contribution in [1.29, 1.82) is 0 Å². The molecule has 0 unspecified atom stereocenters. The van der Waals surface area contributed by atoms with E-state index in [1.54, 1.807) is 0 Å². The van der Waals surface area contributed by atoms with Gasteiger partial charge in [0.25, 0.3) is 0 Å². The Kier molecular flexibility index (Phi) is 14.4. The van der Waals surface area contributed by atoms with Crippen molar-refractivity contribution in [3.63, 3.8) is 0 Å². The van der Waals surface area contributed by atoms with E-state index in [0.29, 0.717) is 0 Å². The fourth-order valence-corrected chi connectivity index (χ4v) is 0.684. The molecule has 0 heterocycles. The van der Waals surface area contributed by atoms with Gasteiger partial charge >= 0.3 is 0 Å². The first kappa shape index (κ1) is 16.0. The molecular weight excluding hydrogens is 295 g/mol. The molecule has 0 bridgehead atoms. The molecule has 2 aromatic carbocycles. The summed E-state index contributed by atoms with van der Waals surface area (Å²) in [6, 6.07) is 25.0. The minimum Gasteiger partial charge on any atom is -0.197 e. The minimum absolute atomic E-state index is 0. The van der Waals surface area contributed by atoms with Crippen LogP contribution in [0.25, 0.3) is 0 Å². The summed E-state index contributed by atoms with van der Waals surface area (Å²) in [5, 5.41) is 0. The SMILES string of the molecule is S.[Sn].[c]1ccccc1.[c]1ccccc1. The van der Waals surface area contributed by atoms with Crippen molar-refractivity contribution in [3.8, 4) is 0 Å². The maximum Gasteiger partial charge on any atom is 0 e. The molecule has 0 saturated heterocycles. The molecule has 0 atom stereocenters. The Hall–Kier alpha value is -0.411. The smallest absolute Gasteiger partial charge is 0 e. The van der Waals surface area contributed by atoms with Crippen LogP contribution < -0.4 is 0 Å². The Morgan fingerprint density at radius 2 is 0.786 bits per heavy atom. The maximum absolute atomic E-state index is 2.89. The standard InChI is InChI=1S/2C6H5.H2S.Sn/c2*1-2-4-6-5-3-1;;/h2*1-5H;1H2;. The van der Waals surface area contributed by atoms with Crippen molar-refractivity contribution in [2.45, 2.75) is 0 Å². The summed E-state index contributed by atoms with van der Waals surface area (Å²) in [5.74, 6) is 0. The van der Waals surface area contributed by atoms with E-state index >= 15 is 0 Å². The second-order valence-corrected chi connectivity index (χ2v) is 2.15. The zero-order chi connectivity index (χ0) is 8.49. The third kappa shape index (κ3) is 9.67. The second-order valence-electron chi connectivity index (χ2n) is 2.15. The number of rotatable bonds is 0. The molecule has 0 aliphatic rings. The van der Waals surface area contributed by atoms with Crippen LogP contribution in [0.5, 0.6) is 0 Å². The summed E-state index contributed by atoms with van der Waals surface area (Å²) in [6.07, 6.45) is 0. The van der Waals surface area contributed by atoms with Crippen molar-refractivity contribution < 1.29 is 0 Å². The van der Waals surface area contributed by atoms with E-state index in [0.717, 1.165) is 0 Å². The summed E-state index contributed by atoms with van der Waals surface area (Å²) < 4.78 is 0.